The normalized spacial score (nSPS) is 26.1. The number of aryl methyl sites for hydroxylation is 1. The smallest absolute Gasteiger partial charge is 0.119 e. The minimum Gasteiger partial charge on any atom is -0.491 e. The molecule has 2 saturated heterocycles. The van der Waals surface area contributed by atoms with Crippen LogP contribution in [-0.4, -0.2) is 43.3 Å². The Morgan fingerprint density at radius 2 is 1.84 bits per heavy atom. The molecule has 0 aliphatic carbocycles. The molecule has 1 N–H and O–H groups in total. The topological polar surface area (TPSA) is 50.5 Å². The molecule has 2 fully saturated rings. The van der Waals surface area contributed by atoms with Gasteiger partial charge in [0.1, 0.15) is 5.75 Å². The van der Waals surface area contributed by atoms with Crippen LogP contribution in [0.5, 0.6) is 5.75 Å². The van der Waals surface area contributed by atoms with E-state index in [9.17, 15) is 5.11 Å². The number of aromatic nitrogens is 2. The number of rotatable bonds is 6. The first-order valence-corrected chi connectivity index (χ1v) is 11.5. The average molecular weight is 420 g/mol. The minimum absolute atomic E-state index is 0.193. The maximum Gasteiger partial charge on any atom is 0.119 e. The third-order valence-corrected chi connectivity index (χ3v) is 7.03. The zero-order valence-corrected chi connectivity index (χ0v) is 18.8. The highest BCUT2D eigenvalue weighted by Crippen LogP contribution is 2.43. The van der Waals surface area contributed by atoms with E-state index in [1.54, 1.807) is 0 Å². The second-order valence-electron chi connectivity index (χ2n) is 9.81. The van der Waals surface area contributed by atoms with Crippen molar-refractivity contribution in [1.29, 1.82) is 0 Å². The summed E-state index contributed by atoms with van der Waals surface area (Å²) in [6.07, 6.45) is 7.96. The molecule has 2 bridgehead atoms. The highest BCUT2D eigenvalue weighted by molar-refractivity contribution is 5.80. The second kappa shape index (κ2) is 7.95. The van der Waals surface area contributed by atoms with Crippen LogP contribution in [0.1, 0.15) is 50.8 Å². The fraction of sp³-hybridized carbons (Fsp3) is 0.500. The molecule has 2 aliphatic heterocycles. The van der Waals surface area contributed by atoms with Gasteiger partial charge in [-0.2, -0.15) is 0 Å². The van der Waals surface area contributed by atoms with E-state index in [4.69, 9.17) is 4.74 Å². The SMILES string of the molecule is Cc1cc2ccncc2n1CC1(O)C[C@H]2CC[C@H](C1)N2Cc1ccc(OC(C)C)cc1. The van der Waals surface area contributed by atoms with Crippen LogP contribution in [0, 0.1) is 6.92 Å². The van der Waals surface area contributed by atoms with E-state index >= 15 is 0 Å². The molecule has 3 aromatic rings. The Morgan fingerprint density at radius 1 is 1.13 bits per heavy atom. The maximum atomic E-state index is 11.6. The van der Waals surface area contributed by atoms with E-state index < -0.39 is 5.60 Å². The molecule has 5 rings (SSSR count). The summed E-state index contributed by atoms with van der Waals surface area (Å²) in [4.78, 5) is 6.93. The van der Waals surface area contributed by atoms with Gasteiger partial charge < -0.3 is 14.4 Å². The molecule has 0 saturated carbocycles. The number of piperidine rings is 1. The van der Waals surface area contributed by atoms with Crippen LogP contribution in [0.2, 0.25) is 0 Å². The van der Waals surface area contributed by atoms with Crippen molar-refractivity contribution in [2.75, 3.05) is 0 Å². The van der Waals surface area contributed by atoms with Gasteiger partial charge in [0.05, 0.1) is 30.0 Å². The summed E-state index contributed by atoms with van der Waals surface area (Å²) in [6, 6.07) is 13.6. The Kier molecular flexibility index (Phi) is 5.27. The van der Waals surface area contributed by atoms with Gasteiger partial charge in [-0.05, 0) is 76.3 Å². The first kappa shape index (κ1) is 20.5. The lowest BCUT2D eigenvalue weighted by molar-refractivity contribution is -0.0647. The van der Waals surface area contributed by atoms with Gasteiger partial charge in [-0.25, -0.2) is 0 Å². The van der Waals surface area contributed by atoms with Gasteiger partial charge in [-0.1, -0.05) is 12.1 Å². The molecule has 0 unspecified atom stereocenters. The van der Waals surface area contributed by atoms with Gasteiger partial charge in [-0.3, -0.25) is 9.88 Å². The van der Waals surface area contributed by atoms with E-state index in [1.165, 1.54) is 29.5 Å². The molecule has 0 spiro atoms. The first-order valence-electron chi connectivity index (χ1n) is 11.5. The van der Waals surface area contributed by atoms with Gasteiger partial charge in [0.15, 0.2) is 0 Å². The van der Waals surface area contributed by atoms with Gasteiger partial charge in [0.25, 0.3) is 0 Å². The molecular formula is C26H33N3O2. The highest BCUT2D eigenvalue weighted by Gasteiger charge is 2.47. The lowest BCUT2D eigenvalue weighted by Crippen LogP contribution is -2.52. The first-order chi connectivity index (χ1) is 14.9. The lowest BCUT2D eigenvalue weighted by Gasteiger charge is -2.44. The van der Waals surface area contributed by atoms with Crippen LogP contribution in [-0.2, 0) is 13.1 Å². The molecule has 1 aromatic carbocycles. The summed E-state index contributed by atoms with van der Waals surface area (Å²) in [5, 5.41) is 12.8. The fourth-order valence-corrected chi connectivity index (χ4v) is 5.70. The number of fused-ring (bicyclic) bond motifs is 3. The zero-order valence-electron chi connectivity index (χ0n) is 18.8. The van der Waals surface area contributed by atoms with E-state index in [-0.39, 0.29) is 6.10 Å². The summed E-state index contributed by atoms with van der Waals surface area (Å²) >= 11 is 0. The molecule has 164 valence electrons. The predicted octanol–water partition coefficient (Wildman–Crippen LogP) is 4.69. The average Bonchev–Trinajstić information content (AvgIpc) is 3.16. The summed E-state index contributed by atoms with van der Waals surface area (Å²) in [6.45, 7) is 7.82. The number of pyridine rings is 1. The zero-order chi connectivity index (χ0) is 21.6. The van der Waals surface area contributed by atoms with Crippen molar-refractivity contribution in [2.45, 2.75) is 83.3 Å². The van der Waals surface area contributed by atoms with E-state index in [0.717, 1.165) is 30.7 Å². The number of aliphatic hydroxyl groups is 1. The van der Waals surface area contributed by atoms with Crippen molar-refractivity contribution in [2.24, 2.45) is 0 Å². The Hall–Kier alpha value is -2.37. The summed E-state index contributed by atoms with van der Waals surface area (Å²) in [5.74, 6) is 0.929. The standard InChI is InChI=1S/C26H33N3O2/c1-18(2)31-24-8-4-20(5-9-24)16-28-22-6-7-23(28)14-26(30,13-22)17-29-19(3)12-21-10-11-27-15-25(21)29/h4-5,8-12,15,18,22-23,30H,6-7,13-14,16-17H2,1-3H3/t22-,23-/m1/s1. The number of hydrogen-bond donors (Lipinski definition) is 1. The largest absolute Gasteiger partial charge is 0.491 e. The highest BCUT2D eigenvalue weighted by atomic mass is 16.5. The molecule has 2 aliphatic rings. The monoisotopic (exact) mass is 419 g/mol. The van der Waals surface area contributed by atoms with Crippen molar-refractivity contribution in [1.82, 2.24) is 14.5 Å². The van der Waals surface area contributed by atoms with Crippen molar-refractivity contribution in [3.8, 4) is 5.75 Å². The van der Waals surface area contributed by atoms with E-state index in [1.807, 2.05) is 18.5 Å². The molecule has 2 aromatic heterocycles. The van der Waals surface area contributed by atoms with Gasteiger partial charge in [0.2, 0.25) is 0 Å². The van der Waals surface area contributed by atoms with Crippen LogP contribution in [0.15, 0.2) is 48.8 Å². The molecule has 4 heterocycles. The van der Waals surface area contributed by atoms with Crippen LogP contribution in [0.4, 0.5) is 0 Å². The number of nitrogens with zero attached hydrogens (tertiary/aromatic N) is 3. The lowest BCUT2D eigenvalue weighted by atomic mass is 9.85. The summed E-state index contributed by atoms with van der Waals surface area (Å²) in [5.41, 5.74) is 2.96. The quantitative estimate of drug-likeness (QED) is 0.630. The predicted molar refractivity (Wildman–Crippen MR) is 123 cm³/mol. The van der Waals surface area contributed by atoms with Gasteiger partial charge in [0, 0.05) is 35.9 Å². The third kappa shape index (κ3) is 4.09. The Balaban J connectivity index is 1.29. The third-order valence-electron chi connectivity index (χ3n) is 7.03. The molecule has 0 radical (unpaired) electrons. The fourth-order valence-electron chi connectivity index (χ4n) is 5.70. The van der Waals surface area contributed by atoms with Crippen molar-refractivity contribution in [3.05, 3.63) is 60.0 Å². The Bertz CT molecular complexity index is 1040. The van der Waals surface area contributed by atoms with Crippen molar-refractivity contribution in [3.63, 3.8) is 0 Å². The molecule has 2 atom stereocenters. The number of hydrogen-bond acceptors (Lipinski definition) is 4. The van der Waals surface area contributed by atoms with E-state index in [2.05, 4.69) is 65.6 Å². The molecule has 0 amide bonds. The molecular weight excluding hydrogens is 386 g/mol. The second-order valence-corrected chi connectivity index (χ2v) is 9.81. The van der Waals surface area contributed by atoms with Crippen LogP contribution >= 0.6 is 0 Å². The summed E-state index contributed by atoms with van der Waals surface area (Å²) < 4.78 is 8.03. The maximum absolute atomic E-state index is 11.6. The van der Waals surface area contributed by atoms with Gasteiger partial charge >= 0.3 is 0 Å². The number of ether oxygens (including phenoxy) is 1. The molecule has 5 nitrogen and oxygen atoms in total. The number of benzene rings is 1. The van der Waals surface area contributed by atoms with Crippen LogP contribution in [0.3, 0.4) is 0 Å². The molecule has 31 heavy (non-hydrogen) atoms. The van der Waals surface area contributed by atoms with E-state index in [0.29, 0.717) is 18.6 Å². The van der Waals surface area contributed by atoms with Crippen molar-refractivity contribution < 1.29 is 9.84 Å². The van der Waals surface area contributed by atoms with Gasteiger partial charge in [-0.15, -0.1) is 0 Å². The van der Waals surface area contributed by atoms with Crippen LogP contribution in [0.25, 0.3) is 10.9 Å². The molecule has 5 heteroatoms. The summed E-state index contributed by atoms with van der Waals surface area (Å²) in [7, 11) is 0. The van der Waals surface area contributed by atoms with Crippen molar-refractivity contribution >= 4 is 10.9 Å². The minimum atomic E-state index is -0.663. The van der Waals surface area contributed by atoms with Crippen LogP contribution < -0.4 is 4.74 Å². The Morgan fingerprint density at radius 3 is 2.52 bits per heavy atom. The Labute approximate surface area is 184 Å².